The zero-order chi connectivity index (χ0) is 11.0. The molecule has 1 unspecified atom stereocenters. The predicted octanol–water partition coefficient (Wildman–Crippen LogP) is -0.741. The number of carbonyl (C=O) groups is 3. The van der Waals surface area contributed by atoms with Gasteiger partial charge in [-0.3, -0.25) is 4.79 Å². The Labute approximate surface area is 83.2 Å². The van der Waals surface area contributed by atoms with Crippen LogP contribution in [0.25, 0.3) is 0 Å². The van der Waals surface area contributed by atoms with Crippen LogP contribution in [0.5, 0.6) is 0 Å². The minimum absolute atomic E-state index is 0.0136. The predicted molar refractivity (Wildman–Crippen MR) is 51.8 cm³/mol. The highest BCUT2D eigenvalue weighted by Gasteiger charge is 2.10. The summed E-state index contributed by atoms with van der Waals surface area (Å²) in [6, 6.07) is -0.556. The Bertz CT molecular complexity index is 216. The quantitative estimate of drug-likeness (QED) is 0.531. The second-order valence-corrected chi connectivity index (χ2v) is 3.08. The van der Waals surface area contributed by atoms with E-state index in [2.05, 4.69) is 10.6 Å². The smallest absolute Gasteiger partial charge is 0.234 e. The summed E-state index contributed by atoms with van der Waals surface area (Å²) in [5, 5.41) is 5.17. The zero-order valence-corrected chi connectivity index (χ0v) is 8.50. The number of rotatable bonds is 7. The molecule has 14 heavy (non-hydrogen) atoms. The monoisotopic (exact) mass is 200 g/mol. The van der Waals surface area contributed by atoms with Gasteiger partial charge < -0.3 is 20.2 Å². The molecule has 0 saturated carbocycles. The van der Waals surface area contributed by atoms with Crippen molar-refractivity contribution in [3.63, 3.8) is 0 Å². The standard InChI is InChI=1S/C9H16N2O3/c1-7(13)3-4-8(6-12)11-9(14)5-10-2/h6,8,10H,3-5H2,1-2H3,(H,11,14). The number of hydrogen-bond donors (Lipinski definition) is 2. The molecule has 5 heteroatoms. The number of ketones is 1. The molecule has 1 atom stereocenters. The first kappa shape index (κ1) is 12.8. The van der Waals surface area contributed by atoms with Crippen LogP contribution in [0.4, 0.5) is 0 Å². The second-order valence-electron chi connectivity index (χ2n) is 3.08. The van der Waals surface area contributed by atoms with Crippen LogP contribution in [-0.4, -0.2) is 37.6 Å². The van der Waals surface area contributed by atoms with Crippen molar-refractivity contribution in [3.8, 4) is 0 Å². The van der Waals surface area contributed by atoms with Crippen LogP contribution in [0.15, 0.2) is 0 Å². The maximum atomic E-state index is 11.0. The summed E-state index contributed by atoms with van der Waals surface area (Å²) in [5.74, 6) is -0.229. The van der Waals surface area contributed by atoms with E-state index in [1.54, 1.807) is 7.05 Å². The first-order chi connectivity index (χ1) is 6.60. The van der Waals surface area contributed by atoms with E-state index < -0.39 is 6.04 Å². The maximum absolute atomic E-state index is 11.0. The van der Waals surface area contributed by atoms with Gasteiger partial charge in [-0.1, -0.05) is 0 Å². The van der Waals surface area contributed by atoms with Gasteiger partial charge in [0, 0.05) is 6.42 Å². The number of nitrogens with one attached hydrogen (secondary N) is 2. The number of carbonyl (C=O) groups excluding carboxylic acids is 3. The average molecular weight is 200 g/mol. The lowest BCUT2D eigenvalue weighted by molar-refractivity contribution is -0.124. The van der Waals surface area contributed by atoms with Crippen LogP contribution in [0.3, 0.4) is 0 Å². The van der Waals surface area contributed by atoms with Gasteiger partial charge in [0.1, 0.15) is 12.1 Å². The van der Waals surface area contributed by atoms with Crippen molar-refractivity contribution in [1.82, 2.24) is 10.6 Å². The Kier molecular flexibility index (Phi) is 6.57. The normalized spacial score (nSPS) is 11.9. The van der Waals surface area contributed by atoms with Crippen molar-refractivity contribution in [2.75, 3.05) is 13.6 Å². The maximum Gasteiger partial charge on any atom is 0.234 e. The van der Waals surface area contributed by atoms with E-state index in [0.717, 1.165) is 0 Å². The van der Waals surface area contributed by atoms with E-state index in [4.69, 9.17) is 0 Å². The second kappa shape index (κ2) is 7.20. The molecule has 0 fully saturated rings. The fourth-order valence-electron chi connectivity index (χ4n) is 0.951. The van der Waals surface area contributed by atoms with Gasteiger partial charge in [0.15, 0.2) is 0 Å². The van der Waals surface area contributed by atoms with Gasteiger partial charge in [-0.25, -0.2) is 0 Å². The molecule has 1 amide bonds. The fourth-order valence-corrected chi connectivity index (χ4v) is 0.951. The summed E-state index contributed by atoms with van der Waals surface area (Å²) in [4.78, 5) is 32.2. The topological polar surface area (TPSA) is 75.3 Å². The highest BCUT2D eigenvalue weighted by atomic mass is 16.2. The largest absolute Gasteiger partial charge is 0.345 e. The number of hydrogen-bond acceptors (Lipinski definition) is 4. The van der Waals surface area contributed by atoms with Crippen molar-refractivity contribution < 1.29 is 14.4 Å². The van der Waals surface area contributed by atoms with Crippen LogP contribution < -0.4 is 10.6 Å². The molecule has 0 radical (unpaired) electrons. The molecular formula is C9H16N2O3. The molecule has 0 aliphatic rings. The Morgan fingerprint density at radius 2 is 2.07 bits per heavy atom. The third-order valence-electron chi connectivity index (χ3n) is 1.66. The van der Waals surface area contributed by atoms with Crippen molar-refractivity contribution in [1.29, 1.82) is 0 Å². The average Bonchev–Trinajstić information content (AvgIpc) is 2.12. The number of amides is 1. The van der Waals surface area contributed by atoms with E-state index in [1.807, 2.05) is 0 Å². The van der Waals surface area contributed by atoms with Crippen molar-refractivity contribution in [2.45, 2.75) is 25.8 Å². The highest BCUT2D eigenvalue weighted by molar-refractivity contribution is 5.82. The lowest BCUT2D eigenvalue weighted by Crippen LogP contribution is -2.40. The van der Waals surface area contributed by atoms with Crippen molar-refractivity contribution in [3.05, 3.63) is 0 Å². The van der Waals surface area contributed by atoms with Gasteiger partial charge in [0.2, 0.25) is 5.91 Å². The summed E-state index contributed by atoms with van der Waals surface area (Å²) < 4.78 is 0. The van der Waals surface area contributed by atoms with Crippen LogP contribution in [0, 0.1) is 0 Å². The number of Topliss-reactive ketones (excluding diaryl/α,β-unsaturated/α-hetero) is 1. The molecule has 0 aromatic rings. The van der Waals surface area contributed by atoms with Crippen molar-refractivity contribution >= 4 is 18.0 Å². The summed E-state index contributed by atoms with van der Waals surface area (Å²) in [7, 11) is 1.64. The van der Waals surface area contributed by atoms with Gasteiger partial charge in [-0.05, 0) is 20.4 Å². The molecule has 0 aliphatic carbocycles. The molecule has 0 bridgehead atoms. The lowest BCUT2D eigenvalue weighted by Gasteiger charge is -2.11. The third kappa shape index (κ3) is 6.30. The SMILES string of the molecule is CNCC(=O)NC(C=O)CCC(C)=O. The molecule has 0 aromatic heterocycles. The van der Waals surface area contributed by atoms with Crippen LogP contribution in [0.2, 0.25) is 0 Å². The molecule has 0 saturated heterocycles. The van der Waals surface area contributed by atoms with Gasteiger partial charge in [0.05, 0.1) is 12.6 Å². The van der Waals surface area contributed by atoms with E-state index in [-0.39, 0.29) is 18.2 Å². The lowest BCUT2D eigenvalue weighted by atomic mass is 10.1. The molecule has 0 aliphatic heterocycles. The number of likely N-dealkylation sites (N-methyl/N-ethyl adjacent to an activating group) is 1. The zero-order valence-electron chi connectivity index (χ0n) is 8.50. The molecule has 0 spiro atoms. The van der Waals surface area contributed by atoms with Gasteiger partial charge in [-0.15, -0.1) is 0 Å². The molecule has 0 heterocycles. The van der Waals surface area contributed by atoms with Crippen LogP contribution in [-0.2, 0) is 14.4 Å². The Balaban J connectivity index is 3.84. The Hall–Kier alpha value is -1.23. The molecular weight excluding hydrogens is 184 g/mol. The summed E-state index contributed by atoms with van der Waals surface area (Å²) in [5.41, 5.74) is 0. The first-order valence-electron chi connectivity index (χ1n) is 4.48. The van der Waals surface area contributed by atoms with E-state index in [1.165, 1.54) is 6.92 Å². The molecule has 5 nitrogen and oxygen atoms in total. The van der Waals surface area contributed by atoms with E-state index >= 15 is 0 Å². The molecule has 0 rings (SSSR count). The van der Waals surface area contributed by atoms with Gasteiger partial charge >= 0.3 is 0 Å². The summed E-state index contributed by atoms with van der Waals surface area (Å²) in [6.07, 6.45) is 1.33. The van der Waals surface area contributed by atoms with Gasteiger partial charge in [-0.2, -0.15) is 0 Å². The van der Waals surface area contributed by atoms with E-state index in [0.29, 0.717) is 19.1 Å². The van der Waals surface area contributed by atoms with Crippen LogP contribution in [0.1, 0.15) is 19.8 Å². The van der Waals surface area contributed by atoms with Crippen LogP contribution >= 0.6 is 0 Å². The molecule has 2 N–H and O–H groups in total. The molecule has 80 valence electrons. The minimum Gasteiger partial charge on any atom is -0.345 e. The molecule has 0 aromatic carbocycles. The summed E-state index contributed by atoms with van der Waals surface area (Å²) in [6.45, 7) is 1.63. The minimum atomic E-state index is -0.556. The Morgan fingerprint density at radius 1 is 1.43 bits per heavy atom. The summed E-state index contributed by atoms with van der Waals surface area (Å²) >= 11 is 0. The first-order valence-corrected chi connectivity index (χ1v) is 4.48. The number of aldehydes is 1. The fraction of sp³-hybridized carbons (Fsp3) is 0.667. The van der Waals surface area contributed by atoms with Crippen molar-refractivity contribution in [2.24, 2.45) is 0 Å². The van der Waals surface area contributed by atoms with Gasteiger partial charge in [0.25, 0.3) is 0 Å². The third-order valence-corrected chi connectivity index (χ3v) is 1.66. The van der Waals surface area contributed by atoms with E-state index in [9.17, 15) is 14.4 Å². The highest BCUT2D eigenvalue weighted by Crippen LogP contribution is 1.95. The Morgan fingerprint density at radius 3 is 2.50 bits per heavy atom.